The molecule has 0 spiro atoms. The largest absolute Gasteiger partial charge is 0.494 e. The first-order valence-corrected chi connectivity index (χ1v) is 10.9. The maximum absolute atomic E-state index is 12.6. The van der Waals surface area contributed by atoms with E-state index in [1.807, 2.05) is 6.07 Å². The zero-order chi connectivity index (χ0) is 21.1. The number of piperidine rings is 1. The third kappa shape index (κ3) is 4.15. The fourth-order valence-corrected chi connectivity index (χ4v) is 5.05. The van der Waals surface area contributed by atoms with Gasteiger partial charge < -0.3 is 24.0 Å². The number of amides is 3. The first kappa shape index (κ1) is 20.7. The number of thiazole rings is 1. The van der Waals surface area contributed by atoms with Gasteiger partial charge >= 0.3 is 12.1 Å². The minimum Gasteiger partial charge on any atom is -0.494 e. The summed E-state index contributed by atoms with van der Waals surface area (Å²) in [5.74, 6) is 0.992. The molecule has 3 heterocycles. The third-order valence-electron chi connectivity index (χ3n) is 5.64. The van der Waals surface area contributed by atoms with E-state index < -0.39 is 0 Å². The highest BCUT2D eigenvalue weighted by Gasteiger charge is 2.27. The quantitative estimate of drug-likeness (QED) is 0.798. The minimum atomic E-state index is -0.278. The minimum absolute atomic E-state index is 0.163. The molecule has 0 unspecified atom stereocenters. The van der Waals surface area contributed by atoms with Crippen molar-refractivity contribution in [3.8, 4) is 5.75 Å². The Kier molecular flexibility index (Phi) is 6.24. The SMILES string of the molecule is COC(=O)N1CCC(c2ccc(OC)c3nc(NC(=O)N4CCOCC4)sc23)CC1. The molecule has 3 amide bonds. The van der Waals surface area contributed by atoms with Crippen molar-refractivity contribution < 1.29 is 23.8 Å². The molecule has 2 fully saturated rings. The second kappa shape index (κ2) is 9.05. The van der Waals surface area contributed by atoms with E-state index in [1.165, 1.54) is 24.0 Å². The highest BCUT2D eigenvalue weighted by molar-refractivity contribution is 7.22. The summed E-state index contributed by atoms with van der Waals surface area (Å²) in [5, 5.41) is 3.48. The van der Waals surface area contributed by atoms with E-state index in [-0.39, 0.29) is 12.1 Å². The second-order valence-electron chi connectivity index (χ2n) is 7.31. The molecule has 0 radical (unpaired) electrons. The molecule has 4 rings (SSSR count). The number of hydrogen-bond donors (Lipinski definition) is 1. The molecule has 9 nitrogen and oxygen atoms in total. The predicted molar refractivity (Wildman–Crippen MR) is 114 cm³/mol. The zero-order valence-corrected chi connectivity index (χ0v) is 18.0. The maximum Gasteiger partial charge on any atom is 0.409 e. The van der Waals surface area contributed by atoms with Crippen molar-refractivity contribution in [1.29, 1.82) is 0 Å². The highest BCUT2D eigenvalue weighted by Crippen LogP contribution is 2.41. The smallest absolute Gasteiger partial charge is 0.409 e. The maximum atomic E-state index is 12.6. The number of hydrogen-bond acceptors (Lipinski definition) is 7. The fraction of sp³-hybridized carbons (Fsp3) is 0.550. The summed E-state index contributed by atoms with van der Waals surface area (Å²) < 4.78 is 16.7. The number of rotatable bonds is 3. The lowest BCUT2D eigenvalue weighted by Gasteiger charge is -2.31. The van der Waals surface area contributed by atoms with Crippen molar-refractivity contribution in [3.05, 3.63) is 17.7 Å². The first-order valence-electron chi connectivity index (χ1n) is 10.0. The van der Waals surface area contributed by atoms with Gasteiger partial charge in [0.05, 0.1) is 32.1 Å². The number of nitrogens with zero attached hydrogens (tertiary/aromatic N) is 3. The molecule has 2 aliphatic heterocycles. The molecule has 0 bridgehead atoms. The number of likely N-dealkylation sites (tertiary alicyclic amines) is 1. The van der Waals surface area contributed by atoms with Crippen molar-refractivity contribution in [2.24, 2.45) is 0 Å². The van der Waals surface area contributed by atoms with Crippen LogP contribution in [0.5, 0.6) is 5.75 Å². The average Bonchev–Trinajstić information content (AvgIpc) is 3.22. The van der Waals surface area contributed by atoms with E-state index in [9.17, 15) is 9.59 Å². The summed E-state index contributed by atoms with van der Waals surface area (Å²) >= 11 is 1.46. The second-order valence-corrected chi connectivity index (χ2v) is 8.31. The number of nitrogens with one attached hydrogen (secondary N) is 1. The lowest BCUT2D eigenvalue weighted by atomic mass is 9.89. The van der Waals surface area contributed by atoms with E-state index in [0.29, 0.717) is 56.2 Å². The molecule has 2 aliphatic rings. The van der Waals surface area contributed by atoms with Gasteiger partial charge in [0, 0.05) is 26.2 Å². The number of anilines is 1. The van der Waals surface area contributed by atoms with Crippen LogP contribution in [0.1, 0.15) is 24.3 Å². The Morgan fingerprint density at radius 2 is 1.87 bits per heavy atom. The van der Waals surface area contributed by atoms with Crippen LogP contribution in [0.4, 0.5) is 14.7 Å². The van der Waals surface area contributed by atoms with E-state index in [4.69, 9.17) is 14.2 Å². The molecule has 10 heteroatoms. The van der Waals surface area contributed by atoms with Crippen LogP contribution in [-0.4, -0.2) is 80.5 Å². The number of carbonyl (C=O) groups excluding carboxylic acids is 2. The predicted octanol–water partition coefficient (Wildman–Crippen LogP) is 3.11. The number of methoxy groups -OCH3 is 2. The summed E-state index contributed by atoms with van der Waals surface area (Å²) in [5.41, 5.74) is 1.94. The molecule has 1 aromatic heterocycles. The molecule has 2 saturated heterocycles. The van der Waals surface area contributed by atoms with Crippen LogP contribution in [0.2, 0.25) is 0 Å². The molecule has 0 aliphatic carbocycles. The molecule has 0 saturated carbocycles. The number of urea groups is 1. The van der Waals surface area contributed by atoms with Crippen LogP contribution in [0.25, 0.3) is 10.2 Å². The lowest BCUT2D eigenvalue weighted by Crippen LogP contribution is -2.43. The third-order valence-corrected chi connectivity index (χ3v) is 6.66. The van der Waals surface area contributed by atoms with Gasteiger partial charge in [0.1, 0.15) is 11.3 Å². The van der Waals surface area contributed by atoms with Crippen LogP contribution in [-0.2, 0) is 9.47 Å². The van der Waals surface area contributed by atoms with Gasteiger partial charge in [-0.05, 0) is 30.4 Å². The van der Waals surface area contributed by atoms with Crippen molar-refractivity contribution in [2.45, 2.75) is 18.8 Å². The van der Waals surface area contributed by atoms with Crippen molar-refractivity contribution in [1.82, 2.24) is 14.8 Å². The number of carbonyl (C=O) groups is 2. The Morgan fingerprint density at radius 3 is 2.53 bits per heavy atom. The molecule has 2 aromatic rings. The molecule has 0 atom stereocenters. The topological polar surface area (TPSA) is 93.2 Å². The van der Waals surface area contributed by atoms with Crippen LogP contribution in [0.3, 0.4) is 0 Å². The number of benzene rings is 1. The summed E-state index contributed by atoms with van der Waals surface area (Å²) in [6.07, 6.45) is 1.42. The van der Waals surface area contributed by atoms with E-state index in [1.54, 1.807) is 16.9 Å². The normalized spacial score (nSPS) is 17.8. The molecule has 30 heavy (non-hydrogen) atoms. The summed E-state index contributed by atoms with van der Waals surface area (Å²) in [6.45, 7) is 3.56. The number of morpholine rings is 1. The van der Waals surface area contributed by atoms with Gasteiger partial charge in [-0.15, -0.1) is 0 Å². The van der Waals surface area contributed by atoms with Gasteiger partial charge in [0.2, 0.25) is 0 Å². The summed E-state index contributed by atoms with van der Waals surface area (Å²) in [6, 6.07) is 3.84. The Hall–Kier alpha value is -2.59. The standard InChI is InChI=1S/C20H26N4O5S/c1-27-15-4-3-14(13-5-7-24(8-6-13)20(26)28-2)17-16(15)21-18(30-17)22-19(25)23-9-11-29-12-10-23/h3-4,13H,5-12H2,1-2H3,(H,21,22,25). The summed E-state index contributed by atoms with van der Waals surface area (Å²) in [4.78, 5) is 32.4. The summed E-state index contributed by atoms with van der Waals surface area (Å²) in [7, 11) is 3.03. The van der Waals surface area contributed by atoms with Crippen LogP contribution >= 0.6 is 11.3 Å². The van der Waals surface area contributed by atoms with Crippen molar-refractivity contribution in [2.75, 3.05) is 58.9 Å². The Morgan fingerprint density at radius 1 is 1.13 bits per heavy atom. The number of ether oxygens (including phenoxy) is 3. The van der Waals surface area contributed by atoms with Crippen molar-refractivity contribution in [3.63, 3.8) is 0 Å². The van der Waals surface area contributed by atoms with Gasteiger partial charge in [0.15, 0.2) is 5.13 Å². The van der Waals surface area contributed by atoms with E-state index in [2.05, 4.69) is 16.4 Å². The number of fused-ring (bicyclic) bond motifs is 1. The van der Waals surface area contributed by atoms with Gasteiger partial charge in [0.25, 0.3) is 0 Å². The Balaban J connectivity index is 1.56. The highest BCUT2D eigenvalue weighted by atomic mass is 32.1. The van der Waals surface area contributed by atoms with Gasteiger partial charge in [-0.2, -0.15) is 0 Å². The zero-order valence-electron chi connectivity index (χ0n) is 17.2. The Labute approximate surface area is 178 Å². The molecule has 1 N–H and O–H groups in total. The van der Waals surface area contributed by atoms with Crippen LogP contribution < -0.4 is 10.1 Å². The van der Waals surface area contributed by atoms with E-state index >= 15 is 0 Å². The monoisotopic (exact) mass is 434 g/mol. The Bertz CT molecular complexity index is 919. The van der Waals surface area contributed by atoms with Gasteiger partial charge in [-0.25, -0.2) is 14.6 Å². The molecule has 162 valence electrons. The van der Waals surface area contributed by atoms with Crippen LogP contribution in [0.15, 0.2) is 12.1 Å². The number of aromatic nitrogens is 1. The molecule has 1 aromatic carbocycles. The molecular weight excluding hydrogens is 408 g/mol. The van der Waals surface area contributed by atoms with Crippen molar-refractivity contribution >= 4 is 38.8 Å². The van der Waals surface area contributed by atoms with Gasteiger partial charge in [-0.1, -0.05) is 17.4 Å². The van der Waals surface area contributed by atoms with Gasteiger partial charge in [-0.3, -0.25) is 5.32 Å². The average molecular weight is 435 g/mol. The van der Waals surface area contributed by atoms with Crippen LogP contribution in [0, 0.1) is 0 Å². The molecular formula is C20H26N4O5S. The first-order chi connectivity index (χ1) is 14.6. The fourth-order valence-electron chi connectivity index (χ4n) is 3.98. The van der Waals surface area contributed by atoms with E-state index in [0.717, 1.165) is 23.1 Å². The lowest BCUT2D eigenvalue weighted by molar-refractivity contribution is 0.0564.